The summed E-state index contributed by atoms with van der Waals surface area (Å²) < 4.78 is 85.1. The van der Waals surface area contributed by atoms with Crippen molar-refractivity contribution in [2.45, 2.75) is 24.0 Å². The van der Waals surface area contributed by atoms with Crippen molar-refractivity contribution in [2.24, 2.45) is 10.9 Å². The highest BCUT2D eigenvalue weighted by Crippen LogP contribution is 2.35. The fraction of sp³-hybridized carbons (Fsp3) is 0.375. The van der Waals surface area contributed by atoms with Gasteiger partial charge in [-0.25, -0.2) is 27.3 Å². The summed E-state index contributed by atoms with van der Waals surface area (Å²) in [7, 11) is -4.77. The maximum Gasteiger partial charge on any atom is 0.418 e. The van der Waals surface area contributed by atoms with E-state index in [9.17, 15) is 30.4 Å². The number of aromatic nitrogens is 1. The lowest BCUT2D eigenvalue weighted by atomic mass is 10.1. The molecule has 1 heterocycles. The SMILES string of the molecule is NCc1nc(C(F)F)c(S(N)(=O)=O)cc1C(F)(F)F. The maximum absolute atomic E-state index is 12.6. The van der Waals surface area contributed by atoms with Gasteiger partial charge in [0.2, 0.25) is 10.0 Å². The Hall–Kier alpha value is -1.33. The van der Waals surface area contributed by atoms with Gasteiger partial charge in [0, 0.05) is 6.54 Å². The minimum absolute atomic E-state index is 0.0199. The number of nitrogens with two attached hydrogens (primary N) is 2. The summed E-state index contributed by atoms with van der Waals surface area (Å²) in [5.41, 5.74) is 1.25. The molecule has 108 valence electrons. The molecule has 0 unspecified atom stereocenters. The van der Waals surface area contributed by atoms with Crippen LogP contribution in [0.1, 0.15) is 23.4 Å². The van der Waals surface area contributed by atoms with Gasteiger partial charge in [0.15, 0.2) is 0 Å². The van der Waals surface area contributed by atoms with Gasteiger partial charge in [0.1, 0.15) is 10.6 Å². The molecule has 1 aromatic rings. The second-order valence-electron chi connectivity index (χ2n) is 3.41. The number of hydrogen-bond donors (Lipinski definition) is 2. The van der Waals surface area contributed by atoms with Crippen LogP contribution in [0.2, 0.25) is 0 Å². The molecule has 4 N–H and O–H groups in total. The standard InChI is InChI=1S/C8H8F5N3O2S/c9-7(10)6-5(19(15,17)18)1-3(8(11,12)13)4(2-14)16-6/h1,7H,2,14H2,(H2,15,17,18). The molecule has 0 radical (unpaired) electrons. The number of sulfonamides is 1. The second-order valence-corrected chi connectivity index (χ2v) is 4.94. The first-order valence-electron chi connectivity index (χ1n) is 4.60. The number of pyridine rings is 1. The highest BCUT2D eigenvalue weighted by Gasteiger charge is 2.37. The molecule has 19 heavy (non-hydrogen) atoms. The van der Waals surface area contributed by atoms with E-state index in [4.69, 9.17) is 5.73 Å². The first kappa shape index (κ1) is 15.7. The average Bonchev–Trinajstić information content (AvgIpc) is 2.24. The highest BCUT2D eigenvalue weighted by molar-refractivity contribution is 7.89. The Balaban J connectivity index is 3.72. The van der Waals surface area contributed by atoms with Gasteiger partial charge in [-0.05, 0) is 6.07 Å². The Kier molecular flexibility index (Phi) is 4.12. The van der Waals surface area contributed by atoms with Crippen molar-refractivity contribution in [1.82, 2.24) is 4.98 Å². The van der Waals surface area contributed by atoms with Crippen molar-refractivity contribution < 1.29 is 30.4 Å². The van der Waals surface area contributed by atoms with Gasteiger partial charge in [-0.3, -0.25) is 0 Å². The molecule has 0 amide bonds. The minimum Gasteiger partial charge on any atom is -0.325 e. The zero-order chi connectivity index (χ0) is 15.0. The number of primary sulfonamides is 1. The van der Waals surface area contributed by atoms with E-state index in [-0.39, 0.29) is 6.07 Å². The first-order valence-corrected chi connectivity index (χ1v) is 6.15. The molecule has 0 saturated carbocycles. The van der Waals surface area contributed by atoms with E-state index in [0.29, 0.717) is 0 Å². The number of nitrogens with zero attached hydrogens (tertiary/aromatic N) is 1. The zero-order valence-electron chi connectivity index (χ0n) is 9.08. The molecule has 11 heteroatoms. The predicted molar refractivity (Wildman–Crippen MR) is 53.5 cm³/mol. The van der Waals surface area contributed by atoms with Crippen molar-refractivity contribution in [3.05, 3.63) is 23.0 Å². The minimum atomic E-state index is -4.98. The van der Waals surface area contributed by atoms with Crippen LogP contribution in [-0.2, 0) is 22.7 Å². The summed E-state index contributed by atoms with van der Waals surface area (Å²) in [6.45, 7) is -0.778. The van der Waals surface area contributed by atoms with Crippen LogP contribution < -0.4 is 10.9 Å². The fourth-order valence-electron chi connectivity index (χ4n) is 1.33. The Bertz CT molecular complexity index is 585. The third-order valence-corrected chi connectivity index (χ3v) is 3.05. The quantitative estimate of drug-likeness (QED) is 0.818. The molecular formula is C8H8F5N3O2S. The van der Waals surface area contributed by atoms with Crippen molar-refractivity contribution in [3.63, 3.8) is 0 Å². The summed E-state index contributed by atoms with van der Waals surface area (Å²) >= 11 is 0. The van der Waals surface area contributed by atoms with Crippen LogP contribution in [0, 0.1) is 0 Å². The van der Waals surface area contributed by atoms with Crippen LogP contribution in [0.25, 0.3) is 0 Å². The molecular weight excluding hydrogens is 297 g/mol. The van der Waals surface area contributed by atoms with Crippen LogP contribution >= 0.6 is 0 Å². The van der Waals surface area contributed by atoms with E-state index in [1.54, 1.807) is 0 Å². The Labute approximate surface area is 104 Å². The van der Waals surface area contributed by atoms with Crippen LogP contribution in [0.5, 0.6) is 0 Å². The van der Waals surface area contributed by atoms with E-state index in [2.05, 4.69) is 10.1 Å². The Morgan fingerprint density at radius 1 is 1.32 bits per heavy atom. The summed E-state index contributed by atoms with van der Waals surface area (Å²) in [6.07, 6.45) is -8.39. The molecule has 1 rings (SSSR count). The largest absolute Gasteiger partial charge is 0.418 e. The molecule has 0 aliphatic heterocycles. The molecule has 0 bridgehead atoms. The maximum atomic E-state index is 12.6. The van der Waals surface area contributed by atoms with Crippen LogP contribution in [0.4, 0.5) is 22.0 Å². The summed E-state index contributed by atoms with van der Waals surface area (Å²) in [4.78, 5) is 1.60. The molecule has 0 saturated heterocycles. The van der Waals surface area contributed by atoms with Gasteiger partial charge < -0.3 is 5.73 Å². The van der Waals surface area contributed by atoms with Gasteiger partial charge in [0.25, 0.3) is 6.43 Å². The molecule has 0 fully saturated rings. The molecule has 0 aliphatic carbocycles. The van der Waals surface area contributed by atoms with Gasteiger partial charge in [0.05, 0.1) is 11.3 Å². The smallest absolute Gasteiger partial charge is 0.325 e. The van der Waals surface area contributed by atoms with E-state index >= 15 is 0 Å². The number of alkyl halides is 5. The van der Waals surface area contributed by atoms with Crippen molar-refractivity contribution in [1.29, 1.82) is 0 Å². The van der Waals surface area contributed by atoms with E-state index in [1.807, 2.05) is 0 Å². The molecule has 0 aromatic carbocycles. The lowest BCUT2D eigenvalue weighted by Gasteiger charge is -2.15. The lowest BCUT2D eigenvalue weighted by Crippen LogP contribution is -2.21. The zero-order valence-corrected chi connectivity index (χ0v) is 9.89. The van der Waals surface area contributed by atoms with Crippen molar-refractivity contribution >= 4 is 10.0 Å². The highest BCUT2D eigenvalue weighted by atomic mass is 32.2. The second kappa shape index (κ2) is 4.98. The number of halogens is 5. The topological polar surface area (TPSA) is 99.1 Å². The molecule has 1 aromatic heterocycles. The third kappa shape index (κ3) is 3.36. The van der Waals surface area contributed by atoms with Crippen molar-refractivity contribution in [2.75, 3.05) is 0 Å². The van der Waals surface area contributed by atoms with Gasteiger partial charge in [-0.2, -0.15) is 13.2 Å². The summed E-state index contributed by atoms with van der Waals surface area (Å²) in [5, 5.41) is 4.60. The summed E-state index contributed by atoms with van der Waals surface area (Å²) in [5.74, 6) is 0. The predicted octanol–water partition coefficient (Wildman–Crippen LogP) is 1.14. The normalized spacial score (nSPS) is 13.1. The van der Waals surface area contributed by atoms with Crippen LogP contribution in [0.3, 0.4) is 0 Å². The van der Waals surface area contributed by atoms with Gasteiger partial charge >= 0.3 is 6.18 Å². The Morgan fingerprint density at radius 2 is 1.84 bits per heavy atom. The van der Waals surface area contributed by atoms with Crippen molar-refractivity contribution in [3.8, 4) is 0 Å². The summed E-state index contributed by atoms with van der Waals surface area (Å²) in [6, 6.07) is 0.0199. The van der Waals surface area contributed by atoms with E-state index in [0.717, 1.165) is 0 Å². The van der Waals surface area contributed by atoms with Gasteiger partial charge in [-0.15, -0.1) is 0 Å². The first-order chi connectivity index (χ1) is 8.48. The number of rotatable bonds is 3. The van der Waals surface area contributed by atoms with E-state index in [1.165, 1.54) is 0 Å². The number of hydrogen-bond acceptors (Lipinski definition) is 4. The van der Waals surface area contributed by atoms with E-state index < -0.39 is 51.0 Å². The average molecular weight is 305 g/mol. The van der Waals surface area contributed by atoms with Crippen LogP contribution in [0.15, 0.2) is 11.0 Å². The molecule has 5 nitrogen and oxygen atoms in total. The fourth-order valence-corrected chi connectivity index (χ4v) is 2.04. The third-order valence-electron chi connectivity index (χ3n) is 2.11. The molecule has 0 aliphatic rings. The van der Waals surface area contributed by atoms with Crippen LogP contribution in [-0.4, -0.2) is 13.4 Å². The molecule has 0 spiro atoms. The Morgan fingerprint density at radius 3 is 2.16 bits per heavy atom. The lowest BCUT2D eigenvalue weighted by molar-refractivity contribution is -0.138. The molecule has 0 atom stereocenters. The monoisotopic (exact) mass is 305 g/mol. The van der Waals surface area contributed by atoms with Gasteiger partial charge in [-0.1, -0.05) is 0 Å².